The van der Waals surface area contributed by atoms with Crippen molar-refractivity contribution < 1.29 is 9.59 Å². The summed E-state index contributed by atoms with van der Waals surface area (Å²) >= 11 is 0. The van der Waals surface area contributed by atoms with Crippen molar-refractivity contribution in [1.29, 1.82) is 0 Å². The van der Waals surface area contributed by atoms with Crippen LogP contribution < -0.4 is 11.1 Å². The first-order valence-electron chi connectivity index (χ1n) is 12.7. The number of fused-ring (bicyclic) bond motifs is 5. The van der Waals surface area contributed by atoms with Gasteiger partial charge in [-0.3, -0.25) is 9.59 Å². The standard InChI is InChI=1S/C26H44N2O2/c1-24-13-4-5-14-26(24,3)21-12-16-25(2)18(9-10-20(25)19(21)11-15-24)7-6-8-23(30)28-17-22(27)29/h18-21H,4-17H2,1-3H3,(H2,27,29)(H,28,30)/t18-,19?,20?,21?,24-,25?,26?/m0/s1. The second-order valence-electron chi connectivity index (χ2n) is 12.1. The van der Waals surface area contributed by atoms with Crippen LogP contribution in [-0.2, 0) is 9.59 Å². The lowest BCUT2D eigenvalue weighted by atomic mass is 9.40. The maximum atomic E-state index is 12.0. The fourth-order valence-corrected chi connectivity index (χ4v) is 8.97. The van der Waals surface area contributed by atoms with Crippen LogP contribution in [0, 0.1) is 39.9 Å². The topological polar surface area (TPSA) is 72.2 Å². The summed E-state index contributed by atoms with van der Waals surface area (Å²) in [5.74, 6) is 3.03. The van der Waals surface area contributed by atoms with E-state index in [1.807, 2.05) is 0 Å². The largest absolute Gasteiger partial charge is 0.368 e. The first-order valence-corrected chi connectivity index (χ1v) is 12.7. The van der Waals surface area contributed by atoms with Gasteiger partial charge < -0.3 is 11.1 Å². The molecule has 30 heavy (non-hydrogen) atoms. The minimum Gasteiger partial charge on any atom is -0.368 e. The maximum absolute atomic E-state index is 12.0. The van der Waals surface area contributed by atoms with Crippen LogP contribution in [0.1, 0.15) is 104 Å². The van der Waals surface area contributed by atoms with Gasteiger partial charge in [0.15, 0.2) is 0 Å². The molecule has 170 valence electrons. The minimum absolute atomic E-state index is 0.0333. The average Bonchev–Trinajstić information content (AvgIpc) is 3.03. The summed E-state index contributed by atoms with van der Waals surface area (Å²) in [5, 5.41) is 2.63. The third-order valence-corrected chi connectivity index (χ3v) is 11.0. The molecule has 4 fully saturated rings. The van der Waals surface area contributed by atoms with Crippen LogP contribution in [0.15, 0.2) is 0 Å². The second kappa shape index (κ2) is 8.13. The van der Waals surface area contributed by atoms with Crippen molar-refractivity contribution in [2.75, 3.05) is 6.54 Å². The van der Waals surface area contributed by atoms with E-state index in [1.165, 1.54) is 64.2 Å². The number of carbonyl (C=O) groups excluding carboxylic acids is 2. The molecule has 4 heteroatoms. The van der Waals surface area contributed by atoms with Crippen molar-refractivity contribution in [3.8, 4) is 0 Å². The lowest BCUT2D eigenvalue weighted by Crippen LogP contribution is -2.56. The van der Waals surface area contributed by atoms with Crippen molar-refractivity contribution in [3.05, 3.63) is 0 Å². The van der Waals surface area contributed by atoms with Crippen molar-refractivity contribution in [1.82, 2.24) is 5.32 Å². The summed E-state index contributed by atoms with van der Waals surface area (Å²) in [6.07, 6.45) is 16.9. The molecular weight excluding hydrogens is 372 g/mol. The molecule has 0 bridgehead atoms. The molecular formula is C26H44N2O2. The van der Waals surface area contributed by atoms with E-state index in [-0.39, 0.29) is 12.5 Å². The van der Waals surface area contributed by atoms with Gasteiger partial charge >= 0.3 is 0 Å². The molecule has 0 spiro atoms. The van der Waals surface area contributed by atoms with E-state index in [2.05, 4.69) is 26.1 Å². The van der Waals surface area contributed by atoms with E-state index < -0.39 is 5.91 Å². The first kappa shape index (κ1) is 22.1. The van der Waals surface area contributed by atoms with E-state index in [0.29, 0.717) is 22.7 Å². The summed E-state index contributed by atoms with van der Waals surface area (Å²) in [6.45, 7) is 7.85. The van der Waals surface area contributed by atoms with Crippen LogP contribution in [0.25, 0.3) is 0 Å². The molecule has 0 aromatic rings. The number of primary amides is 1. The number of hydrogen-bond donors (Lipinski definition) is 2. The highest BCUT2D eigenvalue weighted by molar-refractivity contribution is 5.83. The number of carbonyl (C=O) groups is 2. The number of nitrogens with two attached hydrogens (primary N) is 1. The van der Waals surface area contributed by atoms with Gasteiger partial charge in [-0.2, -0.15) is 0 Å². The van der Waals surface area contributed by atoms with Crippen LogP contribution in [-0.4, -0.2) is 18.4 Å². The Morgan fingerprint density at radius 3 is 2.47 bits per heavy atom. The van der Waals surface area contributed by atoms with Gasteiger partial charge in [-0.1, -0.05) is 33.6 Å². The first-order chi connectivity index (χ1) is 14.2. The molecule has 5 unspecified atom stereocenters. The highest BCUT2D eigenvalue weighted by Gasteiger charge is 2.62. The third-order valence-electron chi connectivity index (χ3n) is 11.0. The van der Waals surface area contributed by atoms with Crippen LogP contribution >= 0.6 is 0 Å². The SMILES string of the molecule is CC12CCC3C(CC[C@]4(C)CCCCC34C)C1CC[C@@H]2CCCC(=O)NCC(N)=O. The normalized spacial score (nSPS) is 45.2. The molecule has 0 aromatic carbocycles. The van der Waals surface area contributed by atoms with Gasteiger partial charge in [0.1, 0.15) is 0 Å². The predicted octanol–water partition coefficient (Wildman–Crippen LogP) is 5.20. The molecule has 4 nitrogen and oxygen atoms in total. The fraction of sp³-hybridized carbons (Fsp3) is 0.923. The van der Waals surface area contributed by atoms with E-state index in [0.717, 1.165) is 36.5 Å². The van der Waals surface area contributed by atoms with Gasteiger partial charge in [0.2, 0.25) is 11.8 Å². The van der Waals surface area contributed by atoms with Crippen molar-refractivity contribution >= 4 is 11.8 Å². The van der Waals surface area contributed by atoms with Crippen LogP contribution in [0.2, 0.25) is 0 Å². The van der Waals surface area contributed by atoms with E-state index >= 15 is 0 Å². The fourth-order valence-electron chi connectivity index (χ4n) is 8.97. The van der Waals surface area contributed by atoms with Crippen molar-refractivity contribution in [3.63, 3.8) is 0 Å². The molecule has 7 atom stereocenters. The molecule has 2 amide bonds. The van der Waals surface area contributed by atoms with Gasteiger partial charge in [-0.05, 0) is 104 Å². The Morgan fingerprint density at radius 1 is 0.933 bits per heavy atom. The van der Waals surface area contributed by atoms with Crippen LogP contribution in [0.5, 0.6) is 0 Å². The lowest BCUT2D eigenvalue weighted by molar-refractivity contribution is -0.152. The monoisotopic (exact) mass is 416 g/mol. The van der Waals surface area contributed by atoms with Crippen LogP contribution in [0.4, 0.5) is 0 Å². The van der Waals surface area contributed by atoms with Gasteiger partial charge in [0.25, 0.3) is 0 Å². The van der Waals surface area contributed by atoms with Crippen LogP contribution in [0.3, 0.4) is 0 Å². The van der Waals surface area contributed by atoms with Crippen molar-refractivity contribution in [2.45, 2.75) is 104 Å². The summed E-state index contributed by atoms with van der Waals surface area (Å²) in [4.78, 5) is 22.8. The van der Waals surface area contributed by atoms with Gasteiger partial charge in [-0.25, -0.2) is 0 Å². The number of hydrogen-bond acceptors (Lipinski definition) is 2. The lowest BCUT2D eigenvalue weighted by Gasteiger charge is -2.64. The number of amides is 2. The quantitative estimate of drug-likeness (QED) is 0.625. The summed E-state index contributed by atoms with van der Waals surface area (Å²) in [7, 11) is 0. The molecule has 0 aliphatic heterocycles. The molecule has 3 N–H and O–H groups in total. The maximum Gasteiger partial charge on any atom is 0.236 e. The zero-order chi connectivity index (χ0) is 21.6. The predicted molar refractivity (Wildman–Crippen MR) is 121 cm³/mol. The van der Waals surface area contributed by atoms with E-state index in [4.69, 9.17) is 5.73 Å². The Labute approximate surface area is 183 Å². The molecule has 4 rings (SSSR count). The Balaban J connectivity index is 1.38. The smallest absolute Gasteiger partial charge is 0.236 e. The minimum atomic E-state index is -0.471. The molecule has 0 heterocycles. The Morgan fingerprint density at radius 2 is 1.70 bits per heavy atom. The zero-order valence-electron chi connectivity index (χ0n) is 19.6. The van der Waals surface area contributed by atoms with Crippen molar-refractivity contribution in [2.24, 2.45) is 45.7 Å². The molecule has 0 aromatic heterocycles. The molecule has 4 saturated carbocycles. The molecule has 0 radical (unpaired) electrons. The van der Waals surface area contributed by atoms with Gasteiger partial charge in [0.05, 0.1) is 6.54 Å². The highest BCUT2D eigenvalue weighted by Crippen LogP contribution is 2.70. The van der Waals surface area contributed by atoms with E-state index in [9.17, 15) is 9.59 Å². The van der Waals surface area contributed by atoms with Gasteiger partial charge in [-0.15, -0.1) is 0 Å². The average molecular weight is 417 g/mol. The zero-order valence-corrected chi connectivity index (χ0v) is 19.6. The van der Waals surface area contributed by atoms with E-state index in [1.54, 1.807) is 0 Å². The molecule has 4 aliphatic carbocycles. The summed E-state index contributed by atoms with van der Waals surface area (Å²) in [6, 6.07) is 0. The Kier molecular flexibility index (Phi) is 6.00. The summed E-state index contributed by atoms with van der Waals surface area (Å²) in [5.41, 5.74) is 6.74. The number of nitrogens with one attached hydrogen (secondary N) is 1. The molecule has 0 saturated heterocycles. The number of rotatable bonds is 6. The molecule has 4 aliphatic rings. The second-order valence-corrected chi connectivity index (χ2v) is 12.1. The third kappa shape index (κ3) is 3.60. The Bertz CT molecular complexity index is 678. The Hall–Kier alpha value is -1.06. The van der Waals surface area contributed by atoms with Gasteiger partial charge in [0, 0.05) is 6.42 Å². The highest BCUT2D eigenvalue weighted by atomic mass is 16.2. The summed E-state index contributed by atoms with van der Waals surface area (Å²) < 4.78 is 0.